The van der Waals surface area contributed by atoms with Crippen LogP contribution in [0, 0.1) is 6.92 Å². The van der Waals surface area contributed by atoms with E-state index >= 15 is 0 Å². The number of amides is 1. The molecule has 1 aromatic carbocycles. The van der Waals surface area contributed by atoms with E-state index in [1.165, 1.54) is 13.4 Å². The third-order valence-electron chi connectivity index (χ3n) is 4.30. The van der Waals surface area contributed by atoms with Gasteiger partial charge in [0, 0.05) is 12.1 Å². The number of phenols is 1. The van der Waals surface area contributed by atoms with Gasteiger partial charge in [0.15, 0.2) is 17.3 Å². The maximum absolute atomic E-state index is 12.7. The molecule has 0 radical (unpaired) electrons. The van der Waals surface area contributed by atoms with Gasteiger partial charge in [0.2, 0.25) is 0 Å². The van der Waals surface area contributed by atoms with Gasteiger partial charge < -0.3 is 19.2 Å². The van der Waals surface area contributed by atoms with Crippen LogP contribution in [0.25, 0.3) is 0 Å². The van der Waals surface area contributed by atoms with Crippen LogP contribution in [-0.4, -0.2) is 29.6 Å². The maximum atomic E-state index is 12.7. The summed E-state index contributed by atoms with van der Waals surface area (Å²) < 4.78 is 10.5. The molecule has 1 aromatic heterocycles. The lowest BCUT2D eigenvalue weighted by atomic mass is 9.92. The molecule has 2 aromatic rings. The molecule has 1 atom stereocenters. The Bertz CT molecular complexity index is 719. The van der Waals surface area contributed by atoms with Crippen molar-refractivity contribution >= 4 is 5.91 Å². The highest BCUT2D eigenvalue weighted by atomic mass is 16.5. The van der Waals surface area contributed by atoms with Gasteiger partial charge in [-0.05, 0) is 49.6 Å². The van der Waals surface area contributed by atoms with Gasteiger partial charge in [-0.25, -0.2) is 0 Å². The summed E-state index contributed by atoms with van der Waals surface area (Å²) >= 11 is 0. The highest BCUT2D eigenvalue weighted by Gasteiger charge is 2.31. The minimum Gasteiger partial charge on any atom is -0.504 e. The Morgan fingerprint density at radius 1 is 1.45 bits per heavy atom. The largest absolute Gasteiger partial charge is 0.504 e. The summed E-state index contributed by atoms with van der Waals surface area (Å²) in [5.74, 6) is 0.845. The second kappa shape index (κ2) is 5.40. The van der Waals surface area contributed by atoms with Crippen LogP contribution < -0.4 is 4.74 Å². The third kappa shape index (κ3) is 2.22. The van der Waals surface area contributed by atoms with Gasteiger partial charge in [-0.2, -0.15) is 0 Å². The van der Waals surface area contributed by atoms with E-state index in [4.69, 9.17) is 9.15 Å². The first-order chi connectivity index (χ1) is 10.5. The van der Waals surface area contributed by atoms with E-state index in [-0.39, 0.29) is 17.7 Å². The van der Waals surface area contributed by atoms with Gasteiger partial charge in [-0.3, -0.25) is 4.79 Å². The number of ether oxygens (including phenoxy) is 1. The van der Waals surface area contributed by atoms with Gasteiger partial charge in [0.1, 0.15) is 0 Å². The summed E-state index contributed by atoms with van der Waals surface area (Å²) in [7, 11) is 1.52. The summed E-state index contributed by atoms with van der Waals surface area (Å²) in [6.45, 7) is 4.43. The molecule has 1 unspecified atom stereocenters. The van der Waals surface area contributed by atoms with E-state index in [1.807, 2.05) is 19.9 Å². The first-order valence-corrected chi connectivity index (χ1v) is 7.27. The molecule has 1 aliphatic heterocycles. The van der Waals surface area contributed by atoms with Gasteiger partial charge in [0.05, 0.1) is 19.4 Å². The Morgan fingerprint density at radius 3 is 2.86 bits per heavy atom. The fourth-order valence-electron chi connectivity index (χ4n) is 3.00. The van der Waals surface area contributed by atoms with Crippen LogP contribution in [0.3, 0.4) is 0 Å². The molecule has 1 amide bonds. The Hall–Kier alpha value is -2.43. The molecular weight excluding hydrogens is 282 g/mol. The van der Waals surface area contributed by atoms with Crippen LogP contribution in [0.1, 0.15) is 40.2 Å². The first kappa shape index (κ1) is 14.5. The van der Waals surface area contributed by atoms with E-state index in [1.54, 1.807) is 17.0 Å². The number of hydrogen-bond acceptors (Lipinski definition) is 4. The number of benzene rings is 1. The predicted octanol–water partition coefficient (Wildman–Crippen LogP) is 3.06. The second-order valence-corrected chi connectivity index (χ2v) is 5.58. The minimum atomic E-state index is -0.104. The molecule has 0 spiro atoms. The lowest BCUT2D eigenvalue weighted by Crippen LogP contribution is -2.39. The van der Waals surface area contributed by atoms with Gasteiger partial charge in [-0.15, -0.1) is 0 Å². The van der Waals surface area contributed by atoms with E-state index in [9.17, 15) is 9.90 Å². The molecule has 2 heterocycles. The molecule has 5 nitrogen and oxygen atoms in total. The molecule has 5 heteroatoms. The Balaban J connectivity index is 1.95. The average molecular weight is 301 g/mol. The minimum absolute atomic E-state index is 0.102. The monoisotopic (exact) mass is 301 g/mol. The molecule has 0 saturated heterocycles. The SMILES string of the molecule is COc1cc2c(cc1O)CCN(C(=O)c1occc1C)C2C. The normalized spacial score (nSPS) is 17.2. The number of hydrogen-bond donors (Lipinski definition) is 1. The molecule has 0 saturated carbocycles. The van der Waals surface area contributed by atoms with Crippen molar-refractivity contribution < 1.29 is 19.1 Å². The number of furan rings is 1. The number of carbonyl (C=O) groups excluding carboxylic acids is 1. The Labute approximate surface area is 129 Å². The smallest absolute Gasteiger partial charge is 0.290 e. The van der Waals surface area contributed by atoms with E-state index < -0.39 is 0 Å². The zero-order valence-electron chi connectivity index (χ0n) is 12.9. The van der Waals surface area contributed by atoms with Gasteiger partial charge in [-0.1, -0.05) is 0 Å². The number of carbonyl (C=O) groups is 1. The summed E-state index contributed by atoms with van der Waals surface area (Å²) in [6, 6.07) is 5.22. The lowest BCUT2D eigenvalue weighted by molar-refractivity contribution is 0.0643. The number of fused-ring (bicyclic) bond motifs is 1. The Kier molecular flexibility index (Phi) is 3.56. The standard InChI is InChI=1S/C17H19NO4/c1-10-5-7-22-16(10)17(20)18-6-4-12-8-14(19)15(21-3)9-13(12)11(18)2/h5,7-9,11,19H,4,6H2,1-3H3. The average Bonchev–Trinajstić information content (AvgIpc) is 2.92. The zero-order valence-corrected chi connectivity index (χ0v) is 12.9. The van der Waals surface area contributed by atoms with E-state index in [2.05, 4.69) is 0 Å². The summed E-state index contributed by atoms with van der Waals surface area (Å²) in [4.78, 5) is 14.5. The second-order valence-electron chi connectivity index (χ2n) is 5.58. The van der Waals surface area contributed by atoms with Crippen molar-refractivity contribution in [1.29, 1.82) is 0 Å². The number of phenolic OH excluding ortho intramolecular Hbond substituents is 1. The van der Waals surface area contributed by atoms with Crippen molar-refractivity contribution in [3.63, 3.8) is 0 Å². The van der Waals surface area contributed by atoms with Crippen molar-refractivity contribution in [2.24, 2.45) is 0 Å². The Morgan fingerprint density at radius 2 is 2.23 bits per heavy atom. The third-order valence-corrected chi connectivity index (χ3v) is 4.30. The summed E-state index contributed by atoms with van der Waals surface area (Å²) in [5.41, 5.74) is 2.88. The van der Waals surface area contributed by atoms with Crippen LogP contribution in [0.5, 0.6) is 11.5 Å². The quantitative estimate of drug-likeness (QED) is 0.926. The summed E-state index contributed by atoms with van der Waals surface area (Å²) in [5, 5.41) is 9.89. The molecule has 0 aliphatic carbocycles. The number of rotatable bonds is 2. The van der Waals surface area contributed by atoms with Crippen LogP contribution in [0.15, 0.2) is 28.9 Å². The fourth-order valence-corrected chi connectivity index (χ4v) is 3.00. The number of methoxy groups -OCH3 is 1. The molecule has 1 aliphatic rings. The maximum Gasteiger partial charge on any atom is 0.290 e. The highest BCUT2D eigenvalue weighted by Crippen LogP contribution is 2.37. The molecule has 3 rings (SSSR count). The van der Waals surface area contributed by atoms with Crippen molar-refractivity contribution in [2.45, 2.75) is 26.3 Å². The van der Waals surface area contributed by atoms with Crippen LogP contribution >= 0.6 is 0 Å². The highest BCUT2D eigenvalue weighted by molar-refractivity contribution is 5.93. The van der Waals surface area contributed by atoms with Crippen molar-refractivity contribution in [1.82, 2.24) is 4.90 Å². The first-order valence-electron chi connectivity index (χ1n) is 7.27. The van der Waals surface area contributed by atoms with Crippen molar-refractivity contribution in [3.05, 3.63) is 46.9 Å². The predicted molar refractivity (Wildman–Crippen MR) is 81.3 cm³/mol. The van der Waals surface area contributed by atoms with Crippen LogP contribution in [-0.2, 0) is 6.42 Å². The lowest BCUT2D eigenvalue weighted by Gasteiger charge is -2.35. The van der Waals surface area contributed by atoms with Crippen molar-refractivity contribution in [3.8, 4) is 11.5 Å². The summed E-state index contributed by atoms with van der Waals surface area (Å²) in [6.07, 6.45) is 2.23. The molecule has 22 heavy (non-hydrogen) atoms. The molecule has 116 valence electrons. The number of nitrogens with zero attached hydrogens (tertiary/aromatic N) is 1. The number of aryl methyl sites for hydroxylation is 1. The van der Waals surface area contributed by atoms with Crippen LogP contribution in [0.4, 0.5) is 0 Å². The molecule has 1 N–H and O–H groups in total. The molecule has 0 fully saturated rings. The van der Waals surface area contributed by atoms with Crippen molar-refractivity contribution in [2.75, 3.05) is 13.7 Å². The van der Waals surface area contributed by atoms with E-state index in [0.29, 0.717) is 24.5 Å². The number of aromatic hydroxyl groups is 1. The van der Waals surface area contributed by atoms with Crippen LogP contribution in [0.2, 0.25) is 0 Å². The van der Waals surface area contributed by atoms with Gasteiger partial charge >= 0.3 is 0 Å². The molecular formula is C17H19NO4. The van der Waals surface area contributed by atoms with Gasteiger partial charge in [0.25, 0.3) is 5.91 Å². The van der Waals surface area contributed by atoms with E-state index in [0.717, 1.165) is 16.7 Å². The zero-order chi connectivity index (χ0) is 15.9. The topological polar surface area (TPSA) is 62.9 Å². The molecule has 0 bridgehead atoms. The fraction of sp³-hybridized carbons (Fsp3) is 0.353.